The van der Waals surface area contributed by atoms with E-state index in [-0.39, 0.29) is 12.2 Å². The van der Waals surface area contributed by atoms with Crippen LogP contribution in [0.1, 0.15) is 17.3 Å². The second-order valence-electron chi connectivity index (χ2n) is 5.93. The van der Waals surface area contributed by atoms with Gasteiger partial charge in [0.25, 0.3) is 11.8 Å². The van der Waals surface area contributed by atoms with Crippen molar-refractivity contribution in [1.29, 1.82) is 0 Å². The number of methoxy groups -OCH3 is 1. The fourth-order valence-electron chi connectivity index (χ4n) is 2.84. The van der Waals surface area contributed by atoms with Gasteiger partial charge in [0.1, 0.15) is 18.1 Å². The molecule has 1 fully saturated rings. The van der Waals surface area contributed by atoms with Gasteiger partial charge in [0.2, 0.25) is 0 Å². The molecule has 3 atom stereocenters. The lowest BCUT2D eigenvalue weighted by Gasteiger charge is -2.17. The van der Waals surface area contributed by atoms with Gasteiger partial charge in [0.05, 0.1) is 24.2 Å². The monoisotopic (exact) mass is 347 g/mol. The van der Waals surface area contributed by atoms with Crippen LogP contribution in [0.3, 0.4) is 0 Å². The van der Waals surface area contributed by atoms with E-state index in [1.54, 1.807) is 19.1 Å². The number of aromatic nitrogens is 1. The number of halogens is 1. The van der Waals surface area contributed by atoms with Crippen molar-refractivity contribution >= 4 is 22.7 Å². The van der Waals surface area contributed by atoms with Gasteiger partial charge in [-0.1, -0.05) is 6.92 Å². The number of rotatable bonds is 5. The Hall–Kier alpha value is -2.90. The first-order valence-corrected chi connectivity index (χ1v) is 7.76. The third-order valence-corrected chi connectivity index (χ3v) is 4.38. The molecule has 2 aromatic rings. The molecule has 1 aromatic heterocycles. The SMILES string of the molecule is COc1cc2c(OC[C@H]3NC(=O)[C@@H](F)[C@H]3C)ccnc2cc1C(N)=O. The van der Waals surface area contributed by atoms with E-state index in [0.29, 0.717) is 22.4 Å². The molecule has 1 aliphatic heterocycles. The molecule has 25 heavy (non-hydrogen) atoms. The highest BCUT2D eigenvalue weighted by Gasteiger charge is 2.39. The van der Waals surface area contributed by atoms with Gasteiger partial charge < -0.3 is 20.5 Å². The molecule has 7 nitrogen and oxygen atoms in total. The molecule has 2 amide bonds. The third kappa shape index (κ3) is 3.07. The molecular weight excluding hydrogens is 329 g/mol. The van der Waals surface area contributed by atoms with Crippen LogP contribution in [0.25, 0.3) is 10.9 Å². The third-order valence-electron chi connectivity index (χ3n) is 4.38. The van der Waals surface area contributed by atoms with Gasteiger partial charge in [-0.3, -0.25) is 14.6 Å². The standard InChI is InChI=1S/C17H18FN3O4/c1-8-12(21-17(23)15(8)18)7-25-13-3-4-20-11-5-10(16(19)22)14(24-2)6-9(11)13/h3-6,8,12,15H,7H2,1-2H3,(H2,19,22)(H,21,23)/t8-,12+,15-/m0/s1. The van der Waals surface area contributed by atoms with E-state index in [4.69, 9.17) is 15.2 Å². The average Bonchev–Trinajstić information content (AvgIpc) is 2.85. The van der Waals surface area contributed by atoms with E-state index < -0.39 is 29.9 Å². The minimum absolute atomic E-state index is 0.117. The minimum Gasteiger partial charge on any atom is -0.496 e. The van der Waals surface area contributed by atoms with E-state index in [9.17, 15) is 14.0 Å². The van der Waals surface area contributed by atoms with Crippen molar-refractivity contribution in [1.82, 2.24) is 10.3 Å². The van der Waals surface area contributed by atoms with Gasteiger partial charge in [-0.25, -0.2) is 4.39 Å². The highest BCUT2D eigenvalue weighted by atomic mass is 19.1. The zero-order valence-corrected chi connectivity index (χ0v) is 13.8. The summed E-state index contributed by atoms with van der Waals surface area (Å²) in [7, 11) is 1.43. The average molecular weight is 347 g/mol. The zero-order chi connectivity index (χ0) is 18.1. The Balaban J connectivity index is 1.89. The Kier molecular flexibility index (Phi) is 4.43. The molecule has 1 aliphatic rings. The van der Waals surface area contributed by atoms with Gasteiger partial charge in [0.15, 0.2) is 6.17 Å². The summed E-state index contributed by atoms with van der Waals surface area (Å²) in [6.07, 6.45) is 0.00443. The number of carbonyl (C=O) groups excluding carboxylic acids is 2. The second-order valence-corrected chi connectivity index (χ2v) is 5.93. The number of nitrogens with one attached hydrogen (secondary N) is 1. The molecule has 0 saturated carbocycles. The first kappa shape index (κ1) is 16.9. The molecular formula is C17H18FN3O4. The van der Waals surface area contributed by atoms with Crippen molar-refractivity contribution in [2.45, 2.75) is 19.1 Å². The van der Waals surface area contributed by atoms with Crippen LogP contribution >= 0.6 is 0 Å². The van der Waals surface area contributed by atoms with Crippen molar-refractivity contribution in [3.8, 4) is 11.5 Å². The Labute approximate surface area is 143 Å². The van der Waals surface area contributed by atoms with Crippen LogP contribution in [0.5, 0.6) is 11.5 Å². The number of fused-ring (bicyclic) bond motifs is 1. The van der Waals surface area contributed by atoms with Gasteiger partial charge >= 0.3 is 0 Å². The Morgan fingerprint density at radius 1 is 1.40 bits per heavy atom. The number of benzene rings is 1. The lowest BCUT2D eigenvalue weighted by molar-refractivity contribution is -0.123. The molecule has 132 valence electrons. The molecule has 8 heteroatoms. The summed E-state index contributed by atoms with van der Waals surface area (Å²) in [5.41, 5.74) is 6.08. The Morgan fingerprint density at radius 3 is 2.76 bits per heavy atom. The maximum atomic E-state index is 13.6. The normalized spacial score (nSPS) is 22.7. The molecule has 2 heterocycles. The highest BCUT2D eigenvalue weighted by molar-refractivity contribution is 6.01. The van der Waals surface area contributed by atoms with Gasteiger partial charge in [-0.05, 0) is 18.2 Å². The number of alkyl halides is 1. The first-order chi connectivity index (χ1) is 11.9. The fourth-order valence-corrected chi connectivity index (χ4v) is 2.84. The van der Waals surface area contributed by atoms with Crippen LogP contribution in [-0.4, -0.2) is 42.7 Å². The topological polar surface area (TPSA) is 104 Å². The van der Waals surface area contributed by atoms with E-state index >= 15 is 0 Å². The lowest BCUT2D eigenvalue weighted by Crippen LogP contribution is -2.34. The maximum absolute atomic E-state index is 13.6. The van der Waals surface area contributed by atoms with Crippen LogP contribution < -0.4 is 20.5 Å². The van der Waals surface area contributed by atoms with Crippen LogP contribution in [0, 0.1) is 5.92 Å². The smallest absolute Gasteiger partial charge is 0.255 e. The van der Waals surface area contributed by atoms with E-state index in [1.165, 1.54) is 19.4 Å². The van der Waals surface area contributed by atoms with Crippen molar-refractivity contribution in [3.05, 3.63) is 30.0 Å². The quantitative estimate of drug-likeness (QED) is 0.846. The molecule has 0 spiro atoms. The molecule has 3 N–H and O–H groups in total. The van der Waals surface area contributed by atoms with Gasteiger partial charge in [-0.15, -0.1) is 0 Å². The maximum Gasteiger partial charge on any atom is 0.255 e. The van der Waals surface area contributed by atoms with E-state index in [1.807, 2.05) is 0 Å². The summed E-state index contributed by atoms with van der Waals surface area (Å²) in [4.78, 5) is 27.1. The Bertz CT molecular complexity index is 842. The largest absolute Gasteiger partial charge is 0.496 e. The van der Waals surface area contributed by atoms with Crippen LogP contribution in [0.2, 0.25) is 0 Å². The molecule has 0 radical (unpaired) electrons. The van der Waals surface area contributed by atoms with Crippen molar-refractivity contribution in [2.75, 3.05) is 13.7 Å². The number of carbonyl (C=O) groups is 2. The minimum atomic E-state index is -1.53. The summed E-state index contributed by atoms with van der Waals surface area (Å²) in [6.45, 7) is 1.77. The summed E-state index contributed by atoms with van der Waals surface area (Å²) >= 11 is 0. The van der Waals surface area contributed by atoms with Crippen molar-refractivity contribution in [2.24, 2.45) is 11.7 Å². The molecule has 0 unspecified atom stereocenters. The van der Waals surface area contributed by atoms with Crippen LogP contribution in [-0.2, 0) is 4.79 Å². The Morgan fingerprint density at radius 2 is 2.16 bits per heavy atom. The molecule has 3 rings (SSSR count). The predicted molar refractivity (Wildman–Crippen MR) is 88.3 cm³/mol. The highest BCUT2D eigenvalue weighted by Crippen LogP contribution is 2.31. The van der Waals surface area contributed by atoms with E-state index in [2.05, 4.69) is 10.3 Å². The van der Waals surface area contributed by atoms with Crippen LogP contribution in [0.15, 0.2) is 24.4 Å². The lowest BCUT2D eigenvalue weighted by atomic mass is 10.0. The molecule has 1 aromatic carbocycles. The zero-order valence-electron chi connectivity index (χ0n) is 13.8. The number of nitrogens with two attached hydrogens (primary N) is 1. The van der Waals surface area contributed by atoms with Gasteiger partial charge in [-0.2, -0.15) is 0 Å². The number of hydrogen-bond acceptors (Lipinski definition) is 5. The molecule has 0 aliphatic carbocycles. The predicted octanol–water partition coefficient (Wildman–Crippen LogP) is 1.19. The second kappa shape index (κ2) is 6.54. The van der Waals surface area contributed by atoms with Crippen molar-refractivity contribution < 1.29 is 23.5 Å². The van der Waals surface area contributed by atoms with Crippen LogP contribution in [0.4, 0.5) is 4.39 Å². The van der Waals surface area contributed by atoms with E-state index in [0.717, 1.165) is 0 Å². The number of amides is 2. The summed E-state index contributed by atoms with van der Waals surface area (Å²) < 4.78 is 24.6. The fraction of sp³-hybridized carbons (Fsp3) is 0.353. The summed E-state index contributed by atoms with van der Waals surface area (Å²) in [5.74, 6) is -0.916. The number of pyridine rings is 1. The summed E-state index contributed by atoms with van der Waals surface area (Å²) in [5, 5.41) is 3.20. The van der Waals surface area contributed by atoms with Crippen molar-refractivity contribution in [3.63, 3.8) is 0 Å². The number of ether oxygens (including phenoxy) is 2. The molecule has 1 saturated heterocycles. The molecule has 0 bridgehead atoms. The number of nitrogens with zero attached hydrogens (tertiary/aromatic N) is 1. The number of hydrogen-bond donors (Lipinski definition) is 2. The van der Waals surface area contributed by atoms with Gasteiger partial charge in [0, 0.05) is 17.5 Å². The first-order valence-electron chi connectivity index (χ1n) is 7.76. The summed E-state index contributed by atoms with van der Waals surface area (Å²) in [6, 6.07) is 4.38. The number of primary amides is 1.